The van der Waals surface area contributed by atoms with Gasteiger partial charge in [-0.15, -0.1) is 0 Å². The molecule has 1 aliphatic rings. The Morgan fingerprint density at radius 1 is 1.48 bits per heavy atom. The number of amides is 1. The zero-order valence-electron chi connectivity index (χ0n) is 12.6. The van der Waals surface area contributed by atoms with Crippen LogP contribution in [0.5, 0.6) is 0 Å². The SMILES string of the molecule is N#Cc1c[nH]c(C(=O)NC(Cc2ccncc2)C2CC(O)C2)c1. The lowest BCUT2D eigenvalue weighted by Crippen LogP contribution is -2.48. The summed E-state index contributed by atoms with van der Waals surface area (Å²) in [6.07, 6.45) is 6.79. The number of hydrogen-bond donors (Lipinski definition) is 3. The summed E-state index contributed by atoms with van der Waals surface area (Å²) >= 11 is 0. The van der Waals surface area contributed by atoms with Gasteiger partial charge in [0.2, 0.25) is 0 Å². The topological polar surface area (TPSA) is 102 Å². The van der Waals surface area contributed by atoms with Crippen molar-refractivity contribution < 1.29 is 9.90 Å². The highest BCUT2D eigenvalue weighted by Crippen LogP contribution is 2.31. The summed E-state index contributed by atoms with van der Waals surface area (Å²) in [4.78, 5) is 19.2. The Morgan fingerprint density at radius 3 is 2.83 bits per heavy atom. The average Bonchev–Trinajstić information content (AvgIpc) is 3.01. The number of nitriles is 1. The molecule has 1 atom stereocenters. The molecular weight excluding hydrogens is 292 g/mol. The molecule has 2 heterocycles. The van der Waals surface area contributed by atoms with E-state index >= 15 is 0 Å². The third kappa shape index (κ3) is 3.58. The molecule has 1 aliphatic carbocycles. The number of nitrogens with zero attached hydrogens (tertiary/aromatic N) is 2. The number of aromatic amines is 1. The van der Waals surface area contributed by atoms with Crippen LogP contribution in [0.2, 0.25) is 0 Å². The first kappa shape index (κ1) is 15.3. The Labute approximate surface area is 134 Å². The van der Waals surface area contributed by atoms with E-state index in [0.29, 0.717) is 30.5 Å². The minimum absolute atomic E-state index is 0.0536. The molecule has 1 saturated carbocycles. The van der Waals surface area contributed by atoms with E-state index in [0.717, 1.165) is 5.56 Å². The average molecular weight is 310 g/mol. The van der Waals surface area contributed by atoms with Crippen LogP contribution in [0.1, 0.15) is 34.5 Å². The van der Waals surface area contributed by atoms with Gasteiger partial charge in [0.05, 0.1) is 11.7 Å². The van der Waals surface area contributed by atoms with Crippen LogP contribution in [0.15, 0.2) is 36.8 Å². The number of hydrogen-bond acceptors (Lipinski definition) is 4. The predicted octanol–water partition coefficient (Wildman–Crippen LogP) is 1.39. The van der Waals surface area contributed by atoms with Crippen molar-refractivity contribution in [3.63, 3.8) is 0 Å². The molecule has 3 N–H and O–H groups in total. The molecular formula is C17H18N4O2. The van der Waals surface area contributed by atoms with E-state index in [1.54, 1.807) is 12.4 Å². The molecule has 0 aromatic carbocycles. The maximum Gasteiger partial charge on any atom is 0.267 e. The summed E-state index contributed by atoms with van der Waals surface area (Å²) in [6, 6.07) is 7.33. The minimum atomic E-state index is -0.271. The molecule has 2 aromatic heterocycles. The summed E-state index contributed by atoms with van der Waals surface area (Å²) < 4.78 is 0. The third-order valence-corrected chi connectivity index (χ3v) is 4.30. The van der Waals surface area contributed by atoms with Crippen molar-refractivity contribution in [1.29, 1.82) is 5.26 Å². The Bertz CT molecular complexity index is 714. The van der Waals surface area contributed by atoms with Crippen molar-refractivity contribution >= 4 is 5.91 Å². The Balaban J connectivity index is 1.70. The number of carbonyl (C=O) groups is 1. The summed E-state index contributed by atoms with van der Waals surface area (Å²) in [5, 5.41) is 21.4. The Kier molecular flexibility index (Phi) is 4.40. The van der Waals surface area contributed by atoms with E-state index in [2.05, 4.69) is 15.3 Å². The quantitative estimate of drug-likeness (QED) is 0.776. The maximum absolute atomic E-state index is 12.4. The molecule has 0 aliphatic heterocycles. The highest BCUT2D eigenvalue weighted by Gasteiger charge is 2.35. The smallest absolute Gasteiger partial charge is 0.267 e. The fourth-order valence-corrected chi connectivity index (χ4v) is 2.90. The molecule has 0 bridgehead atoms. The van der Waals surface area contributed by atoms with Crippen molar-refractivity contribution in [2.75, 3.05) is 0 Å². The second kappa shape index (κ2) is 6.63. The second-order valence-electron chi connectivity index (χ2n) is 5.94. The molecule has 118 valence electrons. The fraction of sp³-hybridized carbons (Fsp3) is 0.353. The molecule has 6 heteroatoms. The number of H-pyrrole nitrogens is 1. The van der Waals surface area contributed by atoms with Crippen LogP contribution in [0.4, 0.5) is 0 Å². The van der Waals surface area contributed by atoms with Gasteiger partial charge in [-0.1, -0.05) is 0 Å². The van der Waals surface area contributed by atoms with Crippen molar-refractivity contribution in [1.82, 2.24) is 15.3 Å². The van der Waals surface area contributed by atoms with Gasteiger partial charge in [0.15, 0.2) is 0 Å². The van der Waals surface area contributed by atoms with Crippen molar-refractivity contribution in [3.05, 3.63) is 53.6 Å². The summed E-state index contributed by atoms with van der Waals surface area (Å²) in [5.41, 5.74) is 1.90. The van der Waals surface area contributed by atoms with Gasteiger partial charge in [0, 0.05) is 24.6 Å². The molecule has 1 unspecified atom stereocenters. The van der Waals surface area contributed by atoms with E-state index in [1.165, 1.54) is 12.3 Å². The van der Waals surface area contributed by atoms with Crippen molar-refractivity contribution in [3.8, 4) is 6.07 Å². The van der Waals surface area contributed by atoms with Crippen LogP contribution in [-0.4, -0.2) is 33.1 Å². The number of nitrogens with one attached hydrogen (secondary N) is 2. The zero-order chi connectivity index (χ0) is 16.2. The monoisotopic (exact) mass is 310 g/mol. The fourth-order valence-electron chi connectivity index (χ4n) is 2.90. The number of aromatic nitrogens is 2. The van der Waals surface area contributed by atoms with E-state index < -0.39 is 0 Å². The number of aliphatic hydroxyl groups is 1. The summed E-state index contributed by atoms with van der Waals surface area (Å²) in [6.45, 7) is 0. The number of rotatable bonds is 5. The third-order valence-electron chi connectivity index (χ3n) is 4.30. The number of carbonyl (C=O) groups excluding carboxylic acids is 1. The van der Waals surface area contributed by atoms with Gasteiger partial charge in [-0.3, -0.25) is 9.78 Å². The van der Waals surface area contributed by atoms with Gasteiger partial charge in [-0.2, -0.15) is 5.26 Å². The molecule has 1 fully saturated rings. The van der Waals surface area contributed by atoms with Crippen molar-refractivity contribution in [2.24, 2.45) is 5.92 Å². The normalized spacial score (nSPS) is 21.0. The summed E-state index contributed by atoms with van der Waals surface area (Å²) in [5.74, 6) is 0.0273. The largest absolute Gasteiger partial charge is 0.393 e. The lowest BCUT2D eigenvalue weighted by atomic mass is 9.75. The minimum Gasteiger partial charge on any atom is -0.393 e. The molecule has 0 radical (unpaired) electrons. The molecule has 1 amide bonds. The highest BCUT2D eigenvalue weighted by atomic mass is 16.3. The van der Waals surface area contributed by atoms with E-state index in [9.17, 15) is 9.90 Å². The highest BCUT2D eigenvalue weighted by molar-refractivity contribution is 5.93. The van der Waals surface area contributed by atoms with Gasteiger partial charge >= 0.3 is 0 Å². The lowest BCUT2D eigenvalue weighted by molar-refractivity contribution is 0.0239. The van der Waals surface area contributed by atoms with Gasteiger partial charge in [-0.05, 0) is 48.9 Å². The number of pyridine rings is 1. The van der Waals surface area contributed by atoms with Crippen LogP contribution >= 0.6 is 0 Å². The molecule has 0 spiro atoms. The molecule has 3 rings (SSSR count). The van der Waals surface area contributed by atoms with Crippen LogP contribution in [0.3, 0.4) is 0 Å². The lowest BCUT2D eigenvalue weighted by Gasteiger charge is -2.38. The predicted molar refractivity (Wildman–Crippen MR) is 83.4 cm³/mol. The zero-order valence-corrected chi connectivity index (χ0v) is 12.6. The van der Waals surface area contributed by atoms with Crippen LogP contribution in [-0.2, 0) is 6.42 Å². The van der Waals surface area contributed by atoms with Gasteiger partial charge in [-0.25, -0.2) is 0 Å². The Hall–Kier alpha value is -2.65. The van der Waals surface area contributed by atoms with Gasteiger partial charge < -0.3 is 15.4 Å². The first-order chi connectivity index (χ1) is 11.2. The molecule has 23 heavy (non-hydrogen) atoms. The standard InChI is InChI=1S/C17H18N4O2/c18-9-12-6-16(20-10-12)17(23)21-15(13-7-14(22)8-13)5-11-1-3-19-4-2-11/h1-4,6,10,13-15,20,22H,5,7-8H2,(H,21,23). The molecule has 2 aromatic rings. The van der Waals surface area contributed by atoms with E-state index in [-0.39, 0.29) is 24.0 Å². The molecule has 6 nitrogen and oxygen atoms in total. The Morgan fingerprint density at radius 2 is 2.22 bits per heavy atom. The first-order valence-corrected chi connectivity index (χ1v) is 7.62. The van der Waals surface area contributed by atoms with Crippen LogP contribution < -0.4 is 5.32 Å². The molecule has 0 saturated heterocycles. The van der Waals surface area contributed by atoms with Crippen LogP contribution in [0, 0.1) is 17.2 Å². The van der Waals surface area contributed by atoms with Crippen LogP contribution in [0.25, 0.3) is 0 Å². The van der Waals surface area contributed by atoms with Crippen molar-refractivity contribution in [2.45, 2.75) is 31.4 Å². The van der Waals surface area contributed by atoms with Gasteiger partial charge in [0.25, 0.3) is 5.91 Å². The maximum atomic E-state index is 12.4. The second-order valence-corrected chi connectivity index (χ2v) is 5.94. The van der Waals surface area contributed by atoms with Gasteiger partial charge in [0.1, 0.15) is 11.8 Å². The van der Waals surface area contributed by atoms with E-state index in [4.69, 9.17) is 5.26 Å². The van der Waals surface area contributed by atoms with E-state index in [1.807, 2.05) is 18.2 Å². The first-order valence-electron chi connectivity index (χ1n) is 7.62. The number of aliphatic hydroxyl groups excluding tert-OH is 1. The summed E-state index contributed by atoms with van der Waals surface area (Å²) in [7, 11) is 0.